The molecule has 0 saturated carbocycles. The molecule has 1 aromatic rings. The van der Waals surface area contributed by atoms with E-state index in [1.807, 2.05) is 20.8 Å². The Bertz CT molecular complexity index is 513. The molecular weight excluding hydrogens is 268 g/mol. The first kappa shape index (κ1) is 17.2. The molecule has 5 nitrogen and oxygen atoms in total. The van der Waals surface area contributed by atoms with Crippen molar-refractivity contribution in [2.24, 2.45) is 0 Å². The molecule has 0 atom stereocenters. The van der Waals surface area contributed by atoms with Gasteiger partial charge >= 0.3 is 5.97 Å². The average molecular weight is 292 g/mol. The monoisotopic (exact) mass is 292 g/mol. The maximum absolute atomic E-state index is 11.8. The van der Waals surface area contributed by atoms with Gasteiger partial charge in [-0.05, 0) is 52.3 Å². The number of benzene rings is 1. The molecule has 0 fully saturated rings. The van der Waals surface area contributed by atoms with Crippen LogP contribution in [0.15, 0.2) is 24.3 Å². The summed E-state index contributed by atoms with van der Waals surface area (Å²) in [4.78, 5) is 23.0. The van der Waals surface area contributed by atoms with E-state index in [1.54, 1.807) is 38.1 Å². The first-order valence-corrected chi connectivity index (χ1v) is 6.91. The Balaban J connectivity index is 2.67. The van der Waals surface area contributed by atoms with Crippen LogP contribution in [0.5, 0.6) is 0 Å². The first-order valence-electron chi connectivity index (χ1n) is 6.91. The summed E-state index contributed by atoms with van der Waals surface area (Å²) in [5.74, 6) is -1.01. The normalized spacial score (nSPS) is 12.0. The third-order valence-corrected chi connectivity index (χ3v) is 3.20. The number of carboxylic acids is 1. The lowest BCUT2D eigenvalue weighted by atomic mass is 9.85. The van der Waals surface area contributed by atoms with Gasteiger partial charge in [-0.1, -0.05) is 12.1 Å². The smallest absolute Gasteiger partial charge is 0.313 e. The molecule has 0 saturated heterocycles. The van der Waals surface area contributed by atoms with E-state index in [0.29, 0.717) is 11.3 Å². The van der Waals surface area contributed by atoms with Crippen LogP contribution < -0.4 is 10.6 Å². The largest absolute Gasteiger partial charge is 0.481 e. The molecule has 0 aromatic heterocycles. The van der Waals surface area contributed by atoms with Crippen molar-refractivity contribution in [1.29, 1.82) is 0 Å². The Morgan fingerprint density at radius 3 is 2.00 bits per heavy atom. The highest BCUT2D eigenvalue weighted by atomic mass is 16.4. The average Bonchev–Trinajstić information content (AvgIpc) is 2.36. The lowest BCUT2D eigenvalue weighted by Gasteiger charge is -2.21. The van der Waals surface area contributed by atoms with Gasteiger partial charge < -0.3 is 15.7 Å². The number of hydrogen-bond acceptors (Lipinski definition) is 3. The number of aliphatic carboxylic acids is 1. The molecular formula is C16H24N2O3. The second-order valence-electron chi connectivity index (χ2n) is 6.66. The van der Waals surface area contributed by atoms with Crippen molar-refractivity contribution in [3.8, 4) is 0 Å². The molecule has 1 amide bonds. The number of anilines is 1. The van der Waals surface area contributed by atoms with E-state index >= 15 is 0 Å². The second-order valence-corrected chi connectivity index (χ2v) is 6.66. The zero-order chi connectivity index (χ0) is 16.3. The maximum Gasteiger partial charge on any atom is 0.313 e. The van der Waals surface area contributed by atoms with Gasteiger partial charge in [-0.3, -0.25) is 9.59 Å². The number of carboxylic acid groups (broad SMARTS) is 1. The zero-order valence-corrected chi connectivity index (χ0v) is 13.3. The van der Waals surface area contributed by atoms with Crippen molar-refractivity contribution < 1.29 is 14.7 Å². The van der Waals surface area contributed by atoms with E-state index in [-0.39, 0.29) is 18.0 Å². The SMILES string of the molecule is CC(C)(C)NCC(=O)Nc1ccc(C(C)(C)C(=O)O)cc1. The molecule has 1 rings (SSSR count). The molecule has 116 valence electrons. The van der Waals surface area contributed by atoms with Crippen LogP contribution in [0, 0.1) is 0 Å². The maximum atomic E-state index is 11.8. The Kier molecular flexibility index (Phi) is 5.12. The molecule has 0 bridgehead atoms. The van der Waals surface area contributed by atoms with Crippen LogP contribution in [0.25, 0.3) is 0 Å². The van der Waals surface area contributed by atoms with E-state index in [0.717, 1.165) is 0 Å². The Labute approximate surface area is 125 Å². The van der Waals surface area contributed by atoms with E-state index in [2.05, 4.69) is 10.6 Å². The van der Waals surface area contributed by atoms with Crippen LogP contribution in [-0.4, -0.2) is 29.1 Å². The number of hydrogen-bond donors (Lipinski definition) is 3. The van der Waals surface area contributed by atoms with Gasteiger partial charge in [0.2, 0.25) is 5.91 Å². The number of nitrogens with one attached hydrogen (secondary N) is 2. The van der Waals surface area contributed by atoms with Crippen molar-refractivity contribution in [3.63, 3.8) is 0 Å². The quantitative estimate of drug-likeness (QED) is 0.778. The first-order chi connectivity index (χ1) is 9.52. The highest BCUT2D eigenvalue weighted by Gasteiger charge is 2.29. The highest BCUT2D eigenvalue weighted by molar-refractivity contribution is 5.92. The van der Waals surface area contributed by atoms with Gasteiger partial charge in [-0.2, -0.15) is 0 Å². The lowest BCUT2D eigenvalue weighted by molar-refractivity contribution is -0.142. The fourth-order valence-electron chi connectivity index (χ4n) is 1.64. The van der Waals surface area contributed by atoms with Crippen LogP contribution in [0.1, 0.15) is 40.2 Å². The van der Waals surface area contributed by atoms with Gasteiger partial charge in [-0.25, -0.2) is 0 Å². The number of amides is 1. The summed E-state index contributed by atoms with van der Waals surface area (Å²) in [5, 5.41) is 15.1. The summed E-state index contributed by atoms with van der Waals surface area (Å²) < 4.78 is 0. The molecule has 5 heteroatoms. The van der Waals surface area contributed by atoms with E-state index in [9.17, 15) is 14.7 Å². The summed E-state index contributed by atoms with van der Waals surface area (Å²) in [6.45, 7) is 9.49. The van der Waals surface area contributed by atoms with E-state index in [4.69, 9.17) is 0 Å². The van der Waals surface area contributed by atoms with Crippen molar-refractivity contribution >= 4 is 17.6 Å². The van der Waals surface area contributed by atoms with Gasteiger partial charge in [0.1, 0.15) is 0 Å². The fraction of sp³-hybridized carbons (Fsp3) is 0.500. The van der Waals surface area contributed by atoms with Crippen molar-refractivity contribution in [2.45, 2.75) is 45.6 Å². The molecule has 0 heterocycles. The molecule has 21 heavy (non-hydrogen) atoms. The molecule has 3 N–H and O–H groups in total. The molecule has 0 spiro atoms. The van der Waals surface area contributed by atoms with Crippen molar-refractivity contribution in [1.82, 2.24) is 5.32 Å². The van der Waals surface area contributed by atoms with Crippen molar-refractivity contribution in [2.75, 3.05) is 11.9 Å². The minimum absolute atomic E-state index is 0.118. The zero-order valence-electron chi connectivity index (χ0n) is 13.3. The summed E-state index contributed by atoms with van der Waals surface area (Å²) in [7, 11) is 0. The third kappa shape index (κ3) is 5.19. The van der Waals surface area contributed by atoms with Crippen LogP contribution in [0.4, 0.5) is 5.69 Å². The van der Waals surface area contributed by atoms with Gasteiger partial charge in [0, 0.05) is 11.2 Å². The highest BCUT2D eigenvalue weighted by Crippen LogP contribution is 2.24. The predicted octanol–water partition coefficient (Wildman–Crippen LogP) is 2.38. The topological polar surface area (TPSA) is 78.4 Å². The van der Waals surface area contributed by atoms with Crippen LogP contribution >= 0.6 is 0 Å². The Morgan fingerprint density at radius 1 is 1.05 bits per heavy atom. The number of carbonyl (C=O) groups excluding carboxylic acids is 1. The summed E-state index contributed by atoms with van der Waals surface area (Å²) in [6.07, 6.45) is 0. The minimum atomic E-state index is -0.948. The number of rotatable bonds is 5. The minimum Gasteiger partial charge on any atom is -0.481 e. The molecule has 0 radical (unpaired) electrons. The summed E-state index contributed by atoms with van der Waals surface area (Å²) in [6, 6.07) is 6.88. The van der Waals surface area contributed by atoms with Gasteiger partial charge in [0.15, 0.2) is 0 Å². The number of carbonyl (C=O) groups is 2. The molecule has 1 aromatic carbocycles. The molecule has 0 aliphatic heterocycles. The van der Waals surface area contributed by atoms with E-state index < -0.39 is 11.4 Å². The third-order valence-electron chi connectivity index (χ3n) is 3.20. The van der Waals surface area contributed by atoms with E-state index in [1.165, 1.54) is 0 Å². The van der Waals surface area contributed by atoms with Crippen LogP contribution in [-0.2, 0) is 15.0 Å². The molecule has 0 aliphatic rings. The fourth-order valence-corrected chi connectivity index (χ4v) is 1.64. The molecule has 0 unspecified atom stereocenters. The predicted molar refractivity (Wildman–Crippen MR) is 83.5 cm³/mol. The molecule has 0 aliphatic carbocycles. The Hall–Kier alpha value is -1.88. The summed E-state index contributed by atoms with van der Waals surface area (Å²) in [5.41, 5.74) is 0.282. The lowest BCUT2D eigenvalue weighted by Crippen LogP contribution is -2.41. The van der Waals surface area contributed by atoms with Gasteiger partial charge in [0.25, 0.3) is 0 Å². The van der Waals surface area contributed by atoms with Crippen LogP contribution in [0.2, 0.25) is 0 Å². The van der Waals surface area contributed by atoms with Crippen molar-refractivity contribution in [3.05, 3.63) is 29.8 Å². The Morgan fingerprint density at radius 2 is 1.57 bits per heavy atom. The van der Waals surface area contributed by atoms with Crippen LogP contribution in [0.3, 0.4) is 0 Å². The van der Waals surface area contributed by atoms with Gasteiger partial charge in [-0.15, -0.1) is 0 Å². The van der Waals surface area contributed by atoms with Gasteiger partial charge in [0.05, 0.1) is 12.0 Å². The standard InChI is InChI=1S/C16H24N2O3/c1-15(2,3)17-10-13(19)18-12-8-6-11(7-9-12)16(4,5)14(20)21/h6-9,17H,10H2,1-5H3,(H,18,19)(H,20,21). The summed E-state index contributed by atoms with van der Waals surface area (Å²) >= 11 is 0. The second kappa shape index (κ2) is 6.26.